The zero-order valence-electron chi connectivity index (χ0n) is 12.8. The summed E-state index contributed by atoms with van der Waals surface area (Å²) < 4.78 is 5.39. The van der Waals surface area contributed by atoms with E-state index in [0.717, 1.165) is 24.8 Å². The molecule has 0 amide bonds. The third-order valence-corrected chi connectivity index (χ3v) is 5.37. The van der Waals surface area contributed by atoms with Crippen molar-refractivity contribution in [3.8, 4) is 0 Å². The SMILES string of the molecule is CC(OC(=O)c1csc2c1CCCC2)C(=O)c1cccc(Cl)c1. The molecule has 0 N–H and O–H groups in total. The van der Waals surface area contributed by atoms with Crippen LogP contribution in [0.4, 0.5) is 0 Å². The van der Waals surface area contributed by atoms with E-state index in [9.17, 15) is 9.59 Å². The Kier molecular flexibility index (Phi) is 4.83. The number of fused-ring (bicyclic) bond motifs is 1. The number of rotatable bonds is 4. The predicted molar refractivity (Wildman–Crippen MR) is 91.6 cm³/mol. The molecule has 0 spiro atoms. The summed E-state index contributed by atoms with van der Waals surface area (Å²) in [7, 11) is 0. The zero-order valence-corrected chi connectivity index (χ0v) is 14.4. The summed E-state index contributed by atoms with van der Waals surface area (Å²) in [5, 5.41) is 2.34. The Morgan fingerprint density at radius 3 is 2.83 bits per heavy atom. The summed E-state index contributed by atoms with van der Waals surface area (Å²) in [6, 6.07) is 6.66. The number of thiophene rings is 1. The van der Waals surface area contributed by atoms with Gasteiger partial charge in [-0.3, -0.25) is 4.79 Å². The molecule has 0 bridgehead atoms. The number of ether oxygens (including phenoxy) is 1. The van der Waals surface area contributed by atoms with E-state index >= 15 is 0 Å². The molecule has 1 atom stereocenters. The lowest BCUT2D eigenvalue weighted by atomic mass is 9.96. The highest BCUT2D eigenvalue weighted by atomic mass is 35.5. The summed E-state index contributed by atoms with van der Waals surface area (Å²) in [6.07, 6.45) is 3.39. The number of halogens is 1. The van der Waals surface area contributed by atoms with E-state index in [1.807, 2.05) is 5.38 Å². The third-order valence-electron chi connectivity index (χ3n) is 4.04. The first kappa shape index (κ1) is 16.2. The van der Waals surface area contributed by atoms with Gasteiger partial charge in [0.15, 0.2) is 6.10 Å². The zero-order chi connectivity index (χ0) is 16.4. The normalized spacial score (nSPS) is 14.9. The molecular formula is C18H17ClO3S. The molecule has 0 saturated heterocycles. The number of hydrogen-bond acceptors (Lipinski definition) is 4. The van der Waals surface area contributed by atoms with Gasteiger partial charge in [-0.1, -0.05) is 23.7 Å². The highest BCUT2D eigenvalue weighted by Gasteiger charge is 2.25. The van der Waals surface area contributed by atoms with E-state index < -0.39 is 12.1 Å². The van der Waals surface area contributed by atoms with Gasteiger partial charge < -0.3 is 4.74 Å². The lowest BCUT2D eigenvalue weighted by Crippen LogP contribution is -2.25. The minimum Gasteiger partial charge on any atom is -0.451 e. The van der Waals surface area contributed by atoms with Crippen LogP contribution in [-0.4, -0.2) is 17.9 Å². The summed E-state index contributed by atoms with van der Waals surface area (Å²) in [5.41, 5.74) is 2.18. The maximum atomic E-state index is 12.4. The van der Waals surface area contributed by atoms with Crippen molar-refractivity contribution in [3.63, 3.8) is 0 Å². The molecule has 0 fully saturated rings. The lowest BCUT2D eigenvalue weighted by molar-refractivity contribution is 0.0318. The first-order valence-corrected chi connectivity index (χ1v) is 8.92. The van der Waals surface area contributed by atoms with Gasteiger partial charge in [-0.25, -0.2) is 4.79 Å². The summed E-state index contributed by atoms with van der Waals surface area (Å²) in [5.74, 6) is -0.655. The summed E-state index contributed by atoms with van der Waals surface area (Å²) in [4.78, 5) is 26.0. The summed E-state index contributed by atoms with van der Waals surface area (Å²) >= 11 is 7.51. The number of aryl methyl sites for hydroxylation is 1. The van der Waals surface area contributed by atoms with Crippen LogP contribution in [0.1, 0.15) is 50.9 Å². The molecule has 0 saturated carbocycles. The molecule has 120 valence electrons. The number of ketones is 1. The second-order valence-corrected chi connectivity index (χ2v) is 7.08. The second kappa shape index (κ2) is 6.85. The van der Waals surface area contributed by atoms with Crippen LogP contribution in [0.5, 0.6) is 0 Å². The molecule has 5 heteroatoms. The van der Waals surface area contributed by atoms with Gasteiger partial charge in [0.1, 0.15) is 0 Å². The van der Waals surface area contributed by atoms with Gasteiger partial charge >= 0.3 is 5.97 Å². The average Bonchev–Trinajstić information content (AvgIpc) is 2.98. The van der Waals surface area contributed by atoms with E-state index in [0.29, 0.717) is 16.1 Å². The molecule has 1 unspecified atom stereocenters. The molecular weight excluding hydrogens is 332 g/mol. The molecule has 2 aromatic rings. The molecule has 3 rings (SSSR count). The van der Waals surface area contributed by atoms with Crippen molar-refractivity contribution in [1.29, 1.82) is 0 Å². The molecule has 1 aromatic carbocycles. The van der Waals surface area contributed by atoms with Crippen molar-refractivity contribution >= 4 is 34.7 Å². The van der Waals surface area contributed by atoms with Gasteiger partial charge in [0.25, 0.3) is 0 Å². The van der Waals surface area contributed by atoms with Crippen molar-refractivity contribution in [2.45, 2.75) is 38.7 Å². The molecule has 0 radical (unpaired) electrons. The number of esters is 1. The van der Waals surface area contributed by atoms with Crippen LogP contribution < -0.4 is 0 Å². The number of Topliss-reactive ketones (excluding diaryl/α,β-unsaturated/α-hetero) is 1. The molecule has 1 aromatic heterocycles. The maximum absolute atomic E-state index is 12.4. The van der Waals surface area contributed by atoms with Crippen LogP contribution in [0, 0.1) is 0 Å². The van der Waals surface area contributed by atoms with Crippen LogP contribution in [0.25, 0.3) is 0 Å². The largest absolute Gasteiger partial charge is 0.451 e. The maximum Gasteiger partial charge on any atom is 0.339 e. The van der Waals surface area contributed by atoms with E-state index in [-0.39, 0.29) is 5.78 Å². The quantitative estimate of drug-likeness (QED) is 0.593. The van der Waals surface area contributed by atoms with Gasteiger partial charge in [-0.05, 0) is 50.3 Å². The number of carbonyl (C=O) groups excluding carboxylic acids is 2. The first-order chi connectivity index (χ1) is 11.1. The minimum atomic E-state index is -0.833. The third kappa shape index (κ3) is 3.48. The minimum absolute atomic E-state index is 0.245. The second-order valence-electron chi connectivity index (χ2n) is 5.68. The van der Waals surface area contributed by atoms with E-state index in [2.05, 4.69) is 0 Å². The highest BCUT2D eigenvalue weighted by Crippen LogP contribution is 2.30. The van der Waals surface area contributed by atoms with E-state index in [1.165, 1.54) is 11.3 Å². The number of hydrogen-bond donors (Lipinski definition) is 0. The fraction of sp³-hybridized carbons (Fsp3) is 0.333. The Labute approximate surface area is 144 Å². The Bertz CT molecular complexity index is 750. The van der Waals surface area contributed by atoms with Crippen LogP contribution in [0.15, 0.2) is 29.6 Å². The van der Waals surface area contributed by atoms with Crippen LogP contribution in [-0.2, 0) is 17.6 Å². The molecule has 3 nitrogen and oxygen atoms in total. The average molecular weight is 349 g/mol. The molecule has 23 heavy (non-hydrogen) atoms. The van der Waals surface area contributed by atoms with Crippen LogP contribution in [0.3, 0.4) is 0 Å². The Balaban J connectivity index is 1.72. The van der Waals surface area contributed by atoms with E-state index in [4.69, 9.17) is 16.3 Å². The monoisotopic (exact) mass is 348 g/mol. The Hall–Kier alpha value is -1.65. The molecule has 1 aliphatic carbocycles. The Morgan fingerprint density at radius 1 is 1.26 bits per heavy atom. The highest BCUT2D eigenvalue weighted by molar-refractivity contribution is 7.10. The molecule has 0 aliphatic heterocycles. The molecule has 1 aliphatic rings. The topological polar surface area (TPSA) is 43.4 Å². The van der Waals surface area contributed by atoms with Crippen molar-refractivity contribution < 1.29 is 14.3 Å². The van der Waals surface area contributed by atoms with Crippen LogP contribution >= 0.6 is 22.9 Å². The Morgan fingerprint density at radius 2 is 2.04 bits per heavy atom. The number of carbonyl (C=O) groups is 2. The standard InChI is InChI=1S/C18H17ClO3S/c1-11(17(20)12-5-4-6-13(19)9-12)22-18(21)15-10-23-16-8-3-2-7-14(15)16/h4-6,9-11H,2-3,7-8H2,1H3. The van der Waals surface area contributed by atoms with Gasteiger partial charge in [-0.2, -0.15) is 0 Å². The van der Waals surface area contributed by atoms with Gasteiger partial charge in [0, 0.05) is 20.8 Å². The lowest BCUT2D eigenvalue weighted by Gasteiger charge is -2.15. The fourth-order valence-corrected chi connectivity index (χ4v) is 4.12. The van der Waals surface area contributed by atoms with E-state index in [1.54, 1.807) is 42.5 Å². The number of benzene rings is 1. The first-order valence-electron chi connectivity index (χ1n) is 7.66. The van der Waals surface area contributed by atoms with Gasteiger partial charge in [0.2, 0.25) is 5.78 Å². The van der Waals surface area contributed by atoms with Crippen molar-refractivity contribution in [2.75, 3.05) is 0 Å². The van der Waals surface area contributed by atoms with Gasteiger partial charge in [-0.15, -0.1) is 11.3 Å². The molecule has 1 heterocycles. The van der Waals surface area contributed by atoms with Crippen molar-refractivity contribution in [1.82, 2.24) is 0 Å². The predicted octanol–water partition coefficient (Wildman–Crippen LogP) is 4.71. The van der Waals surface area contributed by atoms with Gasteiger partial charge in [0.05, 0.1) is 5.56 Å². The van der Waals surface area contributed by atoms with Crippen molar-refractivity contribution in [2.24, 2.45) is 0 Å². The van der Waals surface area contributed by atoms with Crippen molar-refractivity contribution in [3.05, 3.63) is 56.2 Å². The van der Waals surface area contributed by atoms with Crippen LogP contribution in [0.2, 0.25) is 5.02 Å². The smallest absolute Gasteiger partial charge is 0.339 e. The summed E-state index contributed by atoms with van der Waals surface area (Å²) in [6.45, 7) is 1.60. The fourth-order valence-electron chi connectivity index (χ4n) is 2.82.